The topological polar surface area (TPSA) is 41.6 Å². The lowest BCUT2D eigenvalue weighted by Gasteiger charge is -2.38. The number of nitrogens with zero attached hydrogens (tertiary/aromatic N) is 1. The normalized spacial score (nSPS) is 19.1. The quantitative estimate of drug-likeness (QED) is 0.856. The highest BCUT2D eigenvalue weighted by Gasteiger charge is 2.32. The number of alkyl carbamates (subject to hydrolysis) is 1. The third kappa shape index (κ3) is 5.04. The number of carbonyl (C=O) groups excluding carboxylic acids is 1. The number of hydrogen-bond donors (Lipinski definition) is 1. The highest BCUT2D eigenvalue weighted by atomic mass is 19.4. The fourth-order valence-corrected chi connectivity index (χ4v) is 2.70. The number of nitrogens with one attached hydrogen (secondary N) is 1. The summed E-state index contributed by atoms with van der Waals surface area (Å²) in [5.41, 5.74) is -0.869. The summed E-state index contributed by atoms with van der Waals surface area (Å²) in [4.78, 5) is 13.8. The lowest BCUT2D eigenvalue weighted by atomic mass is 10.1. The molecule has 2 rings (SSSR count). The van der Waals surface area contributed by atoms with Crippen LogP contribution in [0.25, 0.3) is 0 Å². The van der Waals surface area contributed by atoms with E-state index in [1.807, 2.05) is 0 Å². The number of halogens is 3. The highest BCUT2D eigenvalue weighted by Crippen LogP contribution is 2.33. The molecule has 0 saturated carbocycles. The van der Waals surface area contributed by atoms with Gasteiger partial charge in [0, 0.05) is 12.2 Å². The minimum absolute atomic E-state index is 0.378. The molecule has 7 heteroatoms. The van der Waals surface area contributed by atoms with E-state index in [0.29, 0.717) is 18.7 Å². The van der Waals surface area contributed by atoms with Crippen molar-refractivity contribution in [1.29, 1.82) is 0 Å². The molecule has 1 aliphatic heterocycles. The maximum atomic E-state index is 12.9. The predicted octanol–water partition coefficient (Wildman–Crippen LogP) is 4.55. The van der Waals surface area contributed by atoms with Crippen LogP contribution in [0, 0.1) is 0 Å². The number of anilines is 1. The second-order valence-electron chi connectivity index (χ2n) is 6.90. The van der Waals surface area contributed by atoms with Crippen LogP contribution in [0.4, 0.5) is 23.7 Å². The van der Waals surface area contributed by atoms with Gasteiger partial charge in [-0.05, 0) is 58.2 Å². The molecule has 1 aliphatic rings. The van der Waals surface area contributed by atoms with E-state index in [0.717, 1.165) is 25.0 Å². The Balaban J connectivity index is 2.16. The van der Waals surface area contributed by atoms with Gasteiger partial charge in [0.25, 0.3) is 0 Å². The molecule has 4 nitrogen and oxygen atoms in total. The van der Waals surface area contributed by atoms with Crippen LogP contribution in [0.5, 0.6) is 0 Å². The molecule has 0 aliphatic carbocycles. The predicted molar refractivity (Wildman–Crippen MR) is 85.8 cm³/mol. The number of ether oxygens (including phenoxy) is 1. The van der Waals surface area contributed by atoms with E-state index in [1.54, 1.807) is 31.7 Å². The molecule has 0 radical (unpaired) electrons. The van der Waals surface area contributed by atoms with E-state index in [9.17, 15) is 18.0 Å². The van der Waals surface area contributed by atoms with Crippen LogP contribution in [0.2, 0.25) is 0 Å². The van der Waals surface area contributed by atoms with E-state index in [4.69, 9.17) is 4.74 Å². The fraction of sp³-hybridized carbons (Fsp3) is 0.588. The molecule has 1 aromatic carbocycles. The van der Waals surface area contributed by atoms with Crippen LogP contribution in [0.3, 0.4) is 0 Å². The van der Waals surface area contributed by atoms with Crippen molar-refractivity contribution in [3.8, 4) is 0 Å². The molecule has 1 amide bonds. The van der Waals surface area contributed by atoms with Crippen molar-refractivity contribution in [3.63, 3.8) is 0 Å². The third-order valence-electron chi connectivity index (χ3n) is 3.69. The van der Waals surface area contributed by atoms with Crippen LogP contribution in [-0.4, -0.2) is 24.4 Å². The smallest absolute Gasteiger partial charge is 0.416 e. The first-order valence-corrected chi connectivity index (χ1v) is 8.00. The van der Waals surface area contributed by atoms with Gasteiger partial charge in [-0.3, -0.25) is 0 Å². The fourth-order valence-electron chi connectivity index (χ4n) is 2.70. The zero-order valence-corrected chi connectivity index (χ0v) is 14.1. The standard InChI is InChI=1S/C17H23F3N2O2/c1-16(2,3)24-15(23)21-14-9-4-5-10-22(14)13-8-6-7-12(11-13)17(18,19)20/h6-8,11,14H,4-5,9-10H2,1-3H3,(H,21,23). The summed E-state index contributed by atoms with van der Waals surface area (Å²) >= 11 is 0. The SMILES string of the molecule is CC(C)(C)OC(=O)NC1CCCCN1c1cccc(C(F)(F)F)c1. The number of alkyl halides is 3. The summed E-state index contributed by atoms with van der Waals surface area (Å²) in [6, 6.07) is 5.18. The summed E-state index contributed by atoms with van der Waals surface area (Å²) in [6.45, 7) is 5.87. The molecule has 1 atom stereocenters. The van der Waals surface area contributed by atoms with Crippen molar-refractivity contribution in [2.45, 2.75) is 58.0 Å². The van der Waals surface area contributed by atoms with Gasteiger partial charge in [0.15, 0.2) is 0 Å². The average Bonchev–Trinajstić information content (AvgIpc) is 2.45. The molecule has 1 heterocycles. The largest absolute Gasteiger partial charge is 0.444 e. The first kappa shape index (κ1) is 18.4. The third-order valence-corrected chi connectivity index (χ3v) is 3.69. The van der Waals surface area contributed by atoms with Crippen molar-refractivity contribution in [2.24, 2.45) is 0 Å². The number of amides is 1. The van der Waals surface area contributed by atoms with Crippen molar-refractivity contribution < 1.29 is 22.7 Å². The monoisotopic (exact) mass is 344 g/mol. The van der Waals surface area contributed by atoms with Crippen LogP contribution in [0.1, 0.15) is 45.6 Å². The average molecular weight is 344 g/mol. The van der Waals surface area contributed by atoms with Crippen LogP contribution >= 0.6 is 0 Å². The number of piperidine rings is 1. The number of rotatable bonds is 2. The van der Waals surface area contributed by atoms with Gasteiger partial charge in [0.05, 0.1) is 5.56 Å². The molecular weight excluding hydrogens is 321 g/mol. The minimum atomic E-state index is -4.39. The van der Waals surface area contributed by atoms with Crippen molar-refractivity contribution in [2.75, 3.05) is 11.4 Å². The van der Waals surface area contributed by atoms with Crippen molar-refractivity contribution in [3.05, 3.63) is 29.8 Å². The number of benzene rings is 1. The Morgan fingerprint density at radius 1 is 1.25 bits per heavy atom. The summed E-state index contributed by atoms with van der Waals surface area (Å²) < 4.78 is 44.0. The molecule has 0 aromatic heterocycles. The van der Waals surface area contributed by atoms with Gasteiger partial charge in [-0.25, -0.2) is 4.79 Å². The molecule has 1 aromatic rings. The summed E-state index contributed by atoms with van der Waals surface area (Å²) in [7, 11) is 0. The van der Waals surface area contributed by atoms with Gasteiger partial charge in [-0.2, -0.15) is 13.2 Å². The highest BCUT2D eigenvalue weighted by molar-refractivity contribution is 5.69. The zero-order chi connectivity index (χ0) is 18.0. The zero-order valence-electron chi connectivity index (χ0n) is 14.1. The summed E-state index contributed by atoms with van der Waals surface area (Å²) in [6.07, 6.45) is -2.91. The first-order valence-electron chi connectivity index (χ1n) is 8.00. The lowest BCUT2D eigenvalue weighted by molar-refractivity contribution is -0.137. The molecule has 1 unspecified atom stereocenters. The Bertz CT molecular complexity index is 582. The van der Waals surface area contributed by atoms with Gasteiger partial charge < -0.3 is 15.0 Å². The summed E-state index contributed by atoms with van der Waals surface area (Å²) in [5, 5.41) is 2.77. The molecular formula is C17H23F3N2O2. The lowest BCUT2D eigenvalue weighted by Crippen LogP contribution is -2.52. The van der Waals surface area contributed by atoms with Gasteiger partial charge in [0.2, 0.25) is 0 Å². The van der Waals surface area contributed by atoms with Gasteiger partial charge in [-0.15, -0.1) is 0 Å². The van der Waals surface area contributed by atoms with E-state index in [1.165, 1.54) is 6.07 Å². The molecule has 24 heavy (non-hydrogen) atoms. The van der Waals surface area contributed by atoms with Crippen LogP contribution in [0.15, 0.2) is 24.3 Å². The molecule has 1 saturated heterocycles. The Morgan fingerprint density at radius 2 is 1.96 bits per heavy atom. The first-order chi connectivity index (χ1) is 11.1. The van der Waals surface area contributed by atoms with Crippen LogP contribution < -0.4 is 10.2 Å². The summed E-state index contributed by atoms with van der Waals surface area (Å²) in [5.74, 6) is 0. The van der Waals surface area contributed by atoms with Gasteiger partial charge in [-0.1, -0.05) is 6.07 Å². The second kappa shape index (κ2) is 6.91. The van der Waals surface area contributed by atoms with E-state index in [2.05, 4.69) is 5.32 Å². The van der Waals surface area contributed by atoms with Crippen molar-refractivity contribution in [1.82, 2.24) is 5.32 Å². The number of hydrogen-bond acceptors (Lipinski definition) is 3. The van der Waals surface area contributed by atoms with E-state index < -0.39 is 23.4 Å². The number of carbonyl (C=O) groups is 1. The molecule has 1 fully saturated rings. The minimum Gasteiger partial charge on any atom is -0.444 e. The van der Waals surface area contributed by atoms with Gasteiger partial charge in [0.1, 0.15) is 11.8 Å². The second-order valence-corrected chi connectivity index (χ2v) is 6.90. The van der Waals surface area contributed by atoms with Gasteiger partial charge >= 0.3 is 12.3 Å². The Kier molecular flexibility index (Phi) is 5.30. The molecule has 0 spiro atoms. The Morgan fingerprint density at radius 3 is 2.58 bits per heavy atom. The molecule has 1 N–H and O–H groups in total. The van der Waals surface area contributed by atoms with Crippen LogP contribution in [-0.2, 0) is 10.9 Å². The van der Waals surface area contributed by atoms with E-state index in [-0.39, 0.29) is 6.17 Å². The molecule has 134 valence electrons. The molecule has 0 bridgehead atoms. The Hall–Kier alpha value is -1.92. The Labute approximate surface area is 140 Å². The van der Waals surface area contributed by atoms with E-state index >= 15 is 0 Å². The van der Waals surface area contributed by atoms with Crippen molar-refractivity contribution >= 4 is 11.8 Å². The maximum absolute atomic E-state index is 12.9. The maximum Gasteiger partial charge on any atom is 0.416 e.